The molecule has 0 radical (unpaired) electrons. The number of likely N-dealkylation sites (tertiary alicyclic amines) is 1. The fourth-order valence-corrected chi connectivity index (χ4v) is 3.04. The zero-order valence-electron chi connectivity index (χ0n) is 11.0. The quantitative estimate of drug-likeness (QED) is 0.790. The van der Waals surface area contributed by atoms with Crippen molar-refractivity contribution in [3.63, 3.8) is 0 Å². The number of carbonyl (C=O) groups is 1. The molecule has 1 aliphatic carbocycles. The molecule has 0 aromatic carbocycles. The standard InChI is InChI=1S/C13H24N2O2/c1-14-8-3-5-11(9-14)15(2)12(17)13(10-16)6-4-7-13/h11,16H,3-10H2,1-2H3. The first-order valence-electron chi connectivity index (χ1n) is 6.66. The number of aliphatic hydroxyl groups is 1. The van der Waals surface area contributed by atoms with Gasteiger partial charge in [-0.05, 0) is 39.3 Å². The van der Waals surface area contributed by atoms with E-state index in [1.807, 2.05) is 11.9 Å². The number of rotatable bonds is 3. The highest BCUT2D eigenvalue weighted by Gasteiger charge is 2.46. The summed E-state index contributed by atoms with van der Waals surface area (Å²) in [4.78, 5) is 16.6. The predicted molar refractivity (Wildman–Crippen MR) is 66.7 cm³/mol. The third-order valence-electron chi connectivity index (χ3n) is 4.53. The molecule has 4 heteroatoms. The first-order valence-corrected chi connectivity index (χ1v) is 6.66. The van der Waals surface area contributed by atoms with Crippen LogP contribution < -0.4 is 0 Å². The summed E-state index contributed by atoms with van der Waals surface area (Å²) in [6, 6.07) is 0.324. The van der Waals surface area contributed by atoms with E-state index in [-0.39, 0.29) is 12.5 Å². The molecule has 0 aromatic heterocycles. The van der Waals surface area contributed by atoms with Crippen LogP contribution in [0, 0.1) is 5.41 Å². The minimum atomic E-state index is -0.440. The summed E-state index contributed by atoms with van der Waals surface area (Å²) in [5, 5.41) is 9.45. The van der Waals surface area contributed by atoms with Gasteiger partial charge in [0, 0.05) is 19.6 Å². The fourth-order valence-electron chi connectivity index (χ4n) is 3.04. The van der Waals surface area contributed by atoms with Gasteiger partial charge >= 0.3 is 0 Å². The molecule has 1 amide bonds. The molecule has 1 saturated carbocycles. The van der Waals surface area contributed by atoms with Gasteiger partial charge in [-0.2, -0.15) is 0 Å². The Hall–Kier alpha value is -0.610. The maximum absolute atomic E-state index is 12.4. The smallest absolute Gasteiger partial charge is 0.231 e. The van der Waals surface area contributed by atoms with Gasteiger partial charge in [-0.3, -0.25) is 4.79 Å². The van der Waals surface area contributed by atoms with Crippen LogP contribution in [0.4, 0.5) is 0 Å². The maximum Gasteiger partial charge on any atom is 0.231 e. The molecule has 0 spiro atoms. The lowest BCUT2D eigenvalue weighted by molar-refractivity contribution is -0.152. The number of likely N-dealkylation sites (N-methyl/N-ethyl adjacent to an activating group) is 2. The monoisotopic (exact) mass is 240 g/mol. The molecule has 1 aliphatic heterocycles. The lowest BCUT2D eigenvalue weighted by Gasteiger charge is -2.45. The zero-order chi connectivity index (χ0) is 12.5. The second kappa shape index (κ2) is 4.94. The SMILES string of the molecule is CN1CCCC(N(C)C(=O)C2(CO)CCC2)C1. The summed E-state index contributed by atoms with van der Waals surface area (Å²) in [7, 11) is 4.01. The molecule has 98 valence electrons. The number of piperidine rings is 1. The van der Waals surface area contributed by atoms with E-state index >= 15 is 0 Å². The van der Waals surface area contributed by atoms with Gasteiger partial charge in [0.05, 0.1) is 12.0 Å². The summed E-state index contributed by atoms with van der Waals surface area (Å²) >= 11 is 0. The fraction of sp³-hybridized carbons (Fsp3) is 0.923. The molecule has 1 saturated heterocycles. The van der Waals surface area contributed by atoms with Crippen molar-refractivity contribution < 1.29 is 9.90 Å². The second-order valence-corrected chi connectivity index (χ2v) is 5.77. The van der Waals surface area contributed by atoms with Crippen LogP contribution in [0.2, 0.25) is 0 Å². The highest BCUT2D eigenvalue weighted by Crippen LogP contribution is 2.42. The van der Waals surface area contributed by atoms with Crippen molar-refractivity contribution in [3.8, 4) is 0 Å². The lowest BCUT2D eigenvalue weighted by Crippen LogP contribution is -2.55. The third kappa shape index (κ3) is 2.33. The molecule has 1 heterocycles. The Labute approximate surface area is 104 Å². The van der Waals surface area contributed by atoms with Crippen molar-refractivity contribution in [1.29, 1.82) is 0 Å². The number of hydrogen-bond acceptors (Lipinski definition) is 3. The Morgan fingerprint density at radius 2 is 2.18 bits per heavy atom. The predicted octanol–water partition coefficient (Wildman–Crippen LogP) is 0.702. The van der Waals surface area contributed by atoms with Gasteiger partial charge in [0.25, 0.3) is 0 Å². The van der Waals surface area contributed by atoms with Crippen LogP contribution in [0.25, 0.3) is 0 Å². The topological polar surface area (TPSA) is 43.8 Å². The van der Waals surface area contributed by atoms with Crippen LogP contribution in [0.15, 0.2) is 0 Å². The Bertz CT molecular complexity index is 284. The van der Waals surface area contributed by atoms with Gasteiger partial charge in [0.1, 0.15) is 0 Å². The van der Waals surface area contributed by atoms with Crippen LogP contribution in [-0.4, -0.2) is 60.6 Å². The van der Waals surface area contributed by atoms with Crippen LogP contribution in [0.1, 0.15) is 32.1 Å². The largest absolute Gasteiger partial charge is 0.395 e. The van der Waals surface area contributed by atoms with Gasteiger partial charge in [-0.1, -0.05) is 6.42 Å². The van der Waals surface area contributed by atoms with Crippen LogP contribution in [-0.2, 0) is 4.79 Å². The minimum absolute atomic E-state index is 0.0126. The molecule has 2 fully saturated rings. The molecule has 2 rings (SSSR count). The maximum atomic E-state index is 12.4. The molecule has 1 N–H and O–H groups in total. The Kier molecular flexibility index (Phi) is 3.73. The number of nitrogens with zero attached hydrogens (tertiary/aromatic N) is 2. The Morgan fingerprint density at radius 1 is 1.47 bits per heavy atom. The van der Waals surface area contributed by atoms with E-state index in [9.17, 15) is 9.90 Å². The summed E-state index contributed by atoms with van der Waals surface area (Å²) < 4.78 is 0. The molecule has 2 aliphatic rings. The van der Waals surface area contributed by atoms with Gasteiger partial charge in [-0.25, -0.2) is 0 Å². The number of hydrogen-bond donors (Lipinski definition) is 1. The van der Waals surface area contributed by atoms with E-state index in [4.69, 9.17) is 0 Å². The molecular weight excluding hydrogens is 216 g/mol. The van der Waals surface area contributed by atoms with E-state index in [2.05, 4.69) is 11.9 Å². The molecule has 1 atom stereocenters. The zero-order valence-corrected chi connectivity index (χ0v) is 11.0. The minimum Gasteiger partial charge on any atom is -0.395 e. The van der Waals surface area contributed by atoms with Gasteiger partial charge in [0.2, 0.25) is 5.91 Å². The van der Waals surface area contributed by atoms with E-state index in [1.54, 1.807) is 0 Å². The van der Waals surface area contributed by atoms with Crippen molar-refractivity contribution in [2.45, 2.75) is 38.1 Å². The van der Waals surface area contributed by atoms with E-state index in [0.29, 0.717) is 6.04 Å². The number of amides is 1. The van der Waals surface area contributed by atoms with E-state index in [1.165, 1.54) is 0 Å². The molecule has 17 heavy (non-hydrogen) atoms. The van der Waals surface area contributed by atoms with Crippen LogP contribution >= 0.6 is 0 Å². The summed E-state index contributed by atoms with van der Waals surface area (Å²) in [5.74, 6) is 0.159. The first-order chi connectivity index (χ1) is 8.09. The highest BCUT2D eigenvalue weighted by atomic mass is 16.3. The third-order valence-corrected chi connectivity index (χ3v) is 4.53. The molecule has 0 bridgehead atoms. The number of carbonyl (C=O) groups excluding carboxylic acids is 1. The normalized spacial score (nSPS) is 28.5. The van der Waals surface area contributed by atoms with Gasteiger partial charge in [-0.15, -0.1) is 0 Å². The Morgan fingerprint density at radius 3 is 2.65 bits per heavy atom. The van der Waals surface area contributed by atoms with Crippen LogP contribution in [0.5, 0.6) is 0 Å². The van der Waals surface area contributed by atoms with E-state index < -0.39 is 5.41 Å². The van der Waals surface area contributed by atoms with E-state index in [0.717, 1.165) is 45.2 Å². The first kappa shape index (κ1) is 12.8. The summed E-state index contributed by atoms with van der Waals surface area (Å²) in [5.41, 5.74) is -0.440. The average Bonchev–Trinajstić information content (AvgIpc) is 2.27. The van der Waals surface area contributed by atoms with Gasteiger partial charge in [0.15, 0.2) is 0 Å². The molecular formula is C13H24N2O2. The summed E-state index contributed by atoms with van der Waals surface area (Å²) in [6.45, 7) is 2.10. The number of aliphatic hydroxyl groups excluding tert-OH is 1. The highest BCUT2D eigenvalue weighted by molar-refractivity contribution is 5.83. The van der Waals surface area contributed by atoms with Crippen molar-refractivity contribution in [2.24, 2.45) is 5.41 Å². The lowest BCUT2D eigenvalue weighted by atomic mass is 9.68. The van der Waals surface area contributed by atoms with Crippen molar-refractivity contribution >= 4 is 5.91 Å². The van der Waals surface area contributed by atoms with Crippen molar-refractivity contribution in [2.75, 3.05) is 33.8 Å². The molecule has 1 unspecified atom stereocenters. The van der Waals surface area contributed by atoms with Crippen molar-refractivity contribution in [1.82, 2.24) is 9.80 Å². The second-order valence-electron chi connectivity index (χ2n) is 5.77. The molecule has 0 aromatic rings. The summed E-state index contributed by atoms with van der Waals surface area (Å²) in [6.07, 6.45) is 5.04. The average molecular weight is 240 g/mol. The van der Waals surface area contributed by atoms with Crippen LogP contribution in [0.3, 0.4) is 0 Å². The van der Waals surface area contributed by atoms with Crippen molar-refractivity contribution in [3.05, 3.63) is 0 Å². The Balaban J connectivity index is 1.98. The van der Waals surface area contributed by atoms with Gasteiger partial charge < -0.3 is 14.9 Å². The molecule has 4 nitrogen and oxygen atoms in total.